The van der Waals surface area contributed by atoms with Crippen LogP contribution in [0.15, 0.2) is 60.9 Å². The number of pyridine rings is 1. The molecule has 3 rings (SSSR count). The number of rotatable bonds is 2. The predicted octanol–water partition coefficient (Wildman–Crippen LogP) is 0.544. The zero-order valence-corrected chi connectivity index (χ0v) is 13.9. The molecule has 0 aliphatic rings. The Balaban J connectivity index is 0.00000161. The molecule has 0 atom stereocenters. The number of aryl methyl sites for hydroxylation is 1. The summed E-state index contributed by atoms with van der Waals surface area (Å²) in [7, 11) is 2.01. The lowest BCUT2D eigenvalue weighted by molar-refractivity contribution is -0.671. The van der Waals surface area contributed by atoms with Gasteiger partial charge in [0.1, 0.15) is 12.8 Å². The van der Waals surface area contributed by atoms with Crippen LogP contribution in [0.5, 0.6) is 5.75 Å². The lowest BCUT2D eigenvalue weighted by Crippen LogP contribution is -3.00. The van der Waals surface area contributed by atoms with Crippen molar-refractivity contribution in [2.75, 3.05) is 0 Å². The van der Waals surface area contributed by atoms with Gasteiger partial charge in [0.2, 0.25) is 0 Å². The summed E-state index contributed by atoms with van der Waals surface area (Å²) in [5, 5.41) is 11.6. The Labute approximate surface area is 141 Å². The van der Waals surface area contributed by atoms with E-state index in [-0.39, 0.29) is 24.0 Å². The molecule has 1 heterocycles. The molecule has 21 heavy (non-hydrogen) atoms. The number of fused-ring (bicyclic) bond motifs is 1. The zero-order chi connectivity index (χ0) is 13.9. The van der Waals surface area contributed by atoms with E-state index in [4.69, 9.17) is 0 Å². The van der Waals surface area contributed by atoms with E-state index < -0.39 is 0 Å². The molecule has 0 bridgehead atoms. The molecule has 0 spiro atoms. The quantitative estimate of drug-likeness (QED) is 0.503. The van der Waals surface area contributed by atoms with Gasteiger partial charge in [-0.1, -0.05) is 30.4 Å². The predicted molar refractivity (Wildman–Crippen MR) is 82.2 cm³/mol. The van der Waals surface area contributed by atoms with Crippen LogP contribution in [0.25, 0.3) is 22.9 Å². The summed E-state index contributed by atoms with van der Waals surface area (Å²) >= 11 is 0. The summed E-state index contributed by atoms with van der Waals surface area (Å²) in [6.07, 6.45) is 8.26. The van der Waals surface area contributed by atoms with Crippen molar-refractivity contribution in [1.29, 1.82) is 0 Å². The highest BCUT2D eigenvalue weighted by molar-refractivity contribution is 5.87. The first-order valence-corrected chi connectivity index (χ1v) is 6.57. The largest absolute Gasteiger partial charge is 1.00 e. The van der Waals surface area contributed by atoms with Crippen LogP contribution in [0.1, 0.15) is 11.1 Å². The van der Waals surface area contributed by atoms with Gasteiger partial charge in [-0.3, -0.25) is 0 Å². The van der Waals surface area contributed by atoms with E-state index in [1.807, 2.05) is 36.1 Å². The van der Waals surface area contributed by atoms with Crippen molar-refractivity contribution in [3.8, 4) is 5.75 Å². The molecule has 3 aromatic rings. The topological polar surface area (TPSA) is 24.1 Å². The number of aromatic nitrogens is 1. The van der Waals surface area contributed by atoms with Crippen molar-refractivity contribution in [2.24, 2.45) is 7.05 Å². The molecule has 1 N–H and O–H groups in total. The van der Waals surface area contributed by atoms with Crippen LogP contribution >= 0.6 is 0 Å². The molecule has 0 aliphatic carbocycles. The average Bonchev–Trinajstić information content (AvgIpc) is 2.46. The Morgan fingerprint density at radius 3 is 2.19 bits per heavy atom. The van der Waals surface area contributed by atoms with Gasteiger partial charge in [0.25, 0.3) is 0 Å². The molecular weight excluding hydrogens is 373 g/mol. The second kappa shape index (κ2) is 6.72. The Morgan fingerprint density at radius 2 is 1.43 bits per heavy atom. The van der Waals surface area contributed by atoms with Crippen molar-refractivity contribution in [1.82, 2.24) is 0 Å². The first kappa shape index (κ1) is 15.5. The first-order chi connectivity index (χ1) is 9.70. The molecule has 0 unspecified atom stereocenters. The van der Waals surface area contributed by atoms with Gasteiger partial charge in [0.05, 0.1) is 0 Å². The molecule has 0 saturated heterocycles. The van der Waals surface area contributed by atoms with E-state index >= 15 is 0 Å². The minimum absolute atomic E-state index is 0. The first-order valence-electron chi connectivity index (χ1n) is 6.57. The number of hydrogen-bond donors (Lipinski definition) is 1. The van der Waals surface area contributed by atoms with E-state index in [0.29, 0.717) is 5.75 Å². The lowest BCUT2D eigenvalue weighted by Gasteiger charge is -2.00. The second-order valence-corrected chi connectivity index (χ2v) is 4.92. The standard InChI is InChI=1S/C18H15NO.HI/c1-19-10-8-14(9-11-19)2-3-15-4-5-17-13-18(20)7-6-16(17)12-15;/h2-13H,1H3;1H. The monoisotopic (exact) mass is 389 g/mol. The number of phenols is 1. The Morgan fingerprint density at radius 1 is 0.810 bits per heavy atom. The third kappa shape index (κ3) is 3.82. The maximum absolute atomic E-state index is 9.46. The number of aromatic hydroxyl groups is 1. The van der Waals surface area contributed by atoms with E-state index in [1.54, 1.807) is 12.1 Å². The van der Waals surface area contributed by atoms with Crippen LogP contribution in [-0.4, -0.2) is 5.11 Å². The highest BCUT2D eigenvalue weighted by Gasteiger charge is 1.96. The lowest BCUT2D eigenvalue weighted by atomic mass is 10.1. The third-order valence-corrected chi connectivity index (χ3v) is 3.32. The number of benzene rings is 2. The van der Waals surface area contributed by atoms with Crippen molar-refractivity contribution in [2.45, 2.75) is 0 Å². The number of nitrogens with zero attached hydrogens (tertiary/aromatic N) is 1. The zero-order valence-electron chi connectivity index (χ0n) is 11.7. The fraction of sp³-hybridized carbons (Fsp3) is 0.0556. The molecule has 0 radical (unpaired) electrons. The highest BCUT2D eigenvalue weighted by Crippen LogP contribution is 2.21. The number of hydrogen-bond acceptors (Lipinski definition) is 1. The smallest absolute Gasteiger partial charge is 0.169 e. The summed E-state index contributed by atoms with van der Waals surface area (Å²) in [6.45, 7) is 0. The summed E-state index contributed by atoms with van der Waals surface area (Å²) in [5.74, 6) is 0.304. The van der Waals surface area contributed by atoms with Crippen LogP contribution in [0.3, 0.4) is 0 Å². The van der Waals surface area contributed by atoms with Gasteiger partial charge in [-0.25, -0.2) is 4.57 Å². The molecule has 2 aromatic carbocycles. The summed E-state index contributed by atoms with van der Waals surface area (Å²) < 4.78 is 2.01. The molecule has 0 saturated carbocycles. The van der Waals surface area contributed by atoms with Gasteiger partial charge in [-0.2, -0.15) is 0 Å². The van der Waals surface area contributed by atoms with Gasteiger partial charge in [0, 0.05) is 12.1 Å². The second-order valence-electron chi connectivity index (χ2n) is 4.92. The number of halogens is 1. The summed E-state index contributed by atoms with van der Waals surface area (Å²) in [5.41, 5.74) is 2.32. The summed E-state index contributed by atoms with van der Waals surface area (Å²) in [4.78, 5) is 0. The molecule has 0 fully saturated rings. The minimum atomic E-state index is 0. The third-order valence-electron chi connectivity index (χ3n) is 3.32. The molecule has 3 heteroatoms. The van der Waals surface area contributed by atoms with Gasteiger partial charge in [0.15, 0.2) is 12.4 Å². The highest BCUT2D eigenvalue weighted by atomic mass is 127. The van der Waals surface area contributed by atoms with E-state index in [0.717, 1.165) is 16.3 Å². The molecular formula is C18H16INO. The maximum Gasteiger partial charge on any atom is 0.169 e. The Bertz CT molecular complexity index is 779. The molecule has 2 nitrogen and oxygen atoms in total. The Hall–Kier alpha value is -1.88. The average molecular weight is 389 g/mol. The van der Waals surface area contributed by atoms with Crippen LogP contribution in [-0.2, 0) is 7.05 Å². The van der Waals surface area contributed by atoms with Crippen LogP contribution in [0, 0.1) is 0 Å². The van der Waals surface area contributed by atoms with E-state index in [2.05, 4.69) is 36.4 Å². The van der Waals surface area contributed by atoms with Crippen LogP contribution in [0.2, 0.25) is 0 Å². The van der Waals surface area contributed by atoms with Gasteiger partial charge in [-0.15, -0.1) is 0 Å². The van der Waals surface area contributed by atoms with Crippen molar-refractivity contribution < 1.29 is 33.7 Å². The van der Waals surface area contributed by atoms with Crippen LogP contribution in [0.4, 0.5) is 0 Å². The SMILES string of the molecule is C[n+]1ccc(C=Cc2ccc3cc(O)ccc3c2)cc1.[I-]. The fourth-order valence-corrected chi connectivity index (χ4v) is 2.17. The van der Waals surface area contributed by atoms with Crippen molar-refractivity contribution in [3.63, 3.8) is 0 Å². The van der Waals surface area contributed by atoms with Gasteiger partial charge >= 0.3 is 0 Å². The molecule has 106 valence electrons. The normalized spacial score (nSPS) is 10.7. The van der Waals surface area contributed by atoms with E-state index in [1.165, 1.54) is 5.56 Å². The van der Waals surface area contributed by atoms with Gasteiger partial charge in [-0.05, 0) is 40.1 Å². The van der Waals surface area contributed by atoms with Crippen molar-refractivity contribution in [3.05, 3.63) is 72.1 Å². The molecule has 0 amide bonds. The van der Waals surface area contributed by atoms with Crippen LogP contribution < -0.4 is 28.5 Å². The fourth-order valence-electron chi connectivity index (χ4n) is 2.17. The molecule has 1 aromatic heterocycles. The Kier molecular flexibility index (Phi) is 4.96. The minimum Gasteiger partial charge on any atom is -1.00 e. The maximum atomic E-state index is 9.46. The number of phenolic OH excluding ortho intramolecular Hbond substituents is 1. The van der Waals surface area contributed by atoms with E-state index in [9.17, 15) is 5.11 Å². The van der Waals surface area contributed by atoms with Crippen molar-refractivity contribution >= 4 is 22.9 Å². The summed E-state index contributed by atoms with van der Waals surface area (Å²) in [6, 6.07) is 15.8. The molecule has 0 aliphatic heterocycles. The van der Waals surface area contributed by atoms with Gasteiger partial charge < -0.3 is 29.1 Å².